The summed E-state index contributed by atoms with van der Waals surface area (Å²) in [6, 6.07) is 0.180. The van der Waals surface area contributed by atoms with Crippen molar-refractivity contribution in [3.05, 3.63) is 0 Å². The molecule has 5 heteroatoms. The second kappa shape index (κ2) is 4.93. The Morgan fingerprint density at radius 2 is 2.00 bits per heavy atom. The van der Waals surface area contributed by atoms with E-state index in [4.69, 9.17) is 5.11 Å². The van der Waals surface area contributed by atoms with Crippen molar-refractivity contribution in [2.75, 3.05) is 12.4 Å². The van der Waals surface area contributed by atoms with Crippen LogP contribution < -0.4 is 4.72 Å². The fraction of sp³-hybridized carbons (Fsp3) is 1.00. The molecule has 0 aromatic carbocycles. The summed E-state index contributed by atoms with van der Waals surface area (Å²) >= 11 is 0. The number of aliphatic hydroxyl groups is 1. The van der Waals surface area contributed by atoms with Gasteiger partial charge in [0.05, 0.1) is 5.75 Å². The lowest BCUT2D eigenvalue weighted by Gasteiger charge is -2.25. The van der Waals surface area contributed by atoms with E-state index in [0.29, 0.717) is 12.8 Å². The molecule has 0 amide bonds. The topological polar surface area (TPSA) is 66.4 Å². The predicted octanol–water partition coefficient (Wildman–Crippen LogP) is 0.231. The number of hydrogen-bond acceptors (Lipinski definition) is 3. The van der Waals surface area contributed by atoms with E-state index >= 15 is 0 Å². The molecule has 4 nitrogen and oxygen atoms in total. The molecule has 1 fully saturated rings. The van der Waals surface area contributed by atoms with E-state index in [0.717, 1.165) is 19.3 Å². The van der Waals surface area contributed by atoms with Gasteiger partial charge in [-0.05, 0) is 25.7 Å². The van der Waals surface area contributed by atoms with E-state index in [-0.39, 0.29) is 18.4 Å². The highest BCUT2D eigenvalue weighted by Crippen LogP contribution is 2.18. The van der Waals surface area contributed by atoms with Gasteiger partial charge in [0.1, 0.15) is 0 Å². The van der Waals surface area contributed by atoms with Gasteiger partial charge in [-0.15, -0.1) is 0 Å². The number of nitrogens with one attached hydrogen (secondary N) is 1. The van der Waals surface area contributed by atoms with E-state index in [2.05, 4.69) is 4.72 Å². The van der Waals surface area contributed by atoms with Crippen LogP contribution in [0.2, 0.25) is 0 Å². The van der Waals surface area contributed by atoms with Crippen LogP contribution in [0.1, 0.15) is 32.1 Å². The van der Waals surface area contributed by atoms with Crippen LogP contribution in [-0.2, 0) is 10.0 Å². The molecule has 1 aliphatic carbocycles. The van der Waals surface area contributed by atoms with Crippen molar-refractivity contribution in [3.63, 3.8) is 0 Å². The maximum absolute atomic E-state index is 11.3. The number of aliphatic hydroxyl groups excluding tert-OH is 1. The Morgan fingerprint density at radius 3 is 2.46 bits per heavy atom. The normalized spacial score (nSPS) is 18.5. The molecule has 1 aliphatic rings. The first kappa shape index (κ1) is 10.9. The molecule has 1 rings (SSSR count). The average molecular weight is 207 g/mol. The fourth-order valence-electron chi connectivity index (χ4n) is 1.24. The standard InChI is InChI=1S/C8H17NO3S/c10-6-1-2-7-13(11,12)9-8-4-3-5-8/h8-10H,1-7H2. The molecular formula is C8H17NO3S. The molecule has 2 N–H and O–H groups in total. The van der Waals surface area contributed by atoms with Crippen molar-refractivity contribution in [2.45, 2.75) is 38.1 Å². The van der Waals surface area contributed by atoms with Crippen LogP contribution in [0.3, 0.4) is 0 Å². The lowest BCUT2D eigenvalue weighted by atomic mass is 9.94. The molecular weight excluding hydrogens is 190 g/mol. The molecule has 0 spiro atoms. The molecule has 78 valence electrons. The molecule has 13 heavy (non-hydrogen) atoms. The number of unbranched alkanes of at least 4 members (excludes halogenated alkanes) is 1. The lowest BCUT2D eigenvalue weighted by Crippen LogP contribution is -2.40. The molecule has 0 radical (unpaired) electrons. The van der Waals surface area contributed by atoms with Gasteiger partial charge in [-0.3, -0.25) is 0 Å². The van der Waals surface area contributed by atoms with Crippen LogP contribution in [0.15, 0.2) is 0 Å². The third-order valence-corrected chi connectivity index (χ3v) is 3.79. The highest BCUT2D eigenvalue weighted by atomic mass is 32.2. The maximum atomic E-state index is 11.3. The molecule has 0 bridgehead atoms. The Balaban J connectivity index is 2.20. The minimum Gasteiger partial charge on any atom is -0.396 e. The van der Waals surface area contributed by atoms with E-state index in [1.807, 2.05) is 0 Å². The molecule has 0 aromatic heterocycles. The summed E-state index contributed by atoms with van der Waals surface area (Å²) in [6.45, 7) is 0.0684. The molecule has 0 saturated heterocycles. The van der Waals surface area contributed by atoms with Gasteiger partial charge in [0, 0.05) is 12.6 Å². The van der Waals surface area contributed by atoms with Gasteiger partial charge in [-0.1, -0.05) is 6.42 Å². The molecule has 0 atom stereocenters. The van der Waals surface area contributed by atoms with Crippen LogP contribution in [0.5, 0.6) is 0 Å². The van der Waals surface area contributed by atoms with Gasteiger partial charge in [-0.25, -0.2) is 13.1 Å². The van der Waals surface area contributed by atoms with Crippen molar-refractivity contribution in [1.82, 2.24) is 4.72 Å². The quantitative estimate of drug-likeness (QED) is 0.613. The molecule has 0 aromatic rings. The third-order valence-electron chi connectivity index (χ3n) is 2.27. The Morgan fingerprint density at radius 1 is 1.31 bits per heavy atom. The third kappa shape index (κ3) is 4.06. The zero-order chi connectivity index (χ0) is 9.73. The highest BCUT2D eigenvalue weighted by molar-refractivity contribution is 7.89. The molecule has 0 aliphatic heterocycles. The fourth-order valence-corrected chi connectivity index (χ4v) is 2.69. The second-order valence-electron chi connectivity index (χ2n) is 3.50. The van der Waals surface area contributed by atoms with Gasteiger partial charge >= 0.3 is 0 Å². The number of sulfonamides is 1. The summed E-state index contributed by atoms with van der Waals surface area (Å²) in [6.07, 6.45) is 4.17. The van der Waals surface area contributed by atoms with Crippen molar-refractivity contribution in [3.8, 4) is 0 Å². The molecule has 0 heterocycles. The van der Waals surface area contributed by atoms with E-state index < -0.39 is 10.0 Å². The van der Waals surface area contributed by atoms with Crippen molar-refractivity contribution in [1.29, 1.82) is 0 Å². The van der Waals surface area contributed by atoms with Crippen LogP contribution >= 0.6 is 0 Å². The maximum Gasteiger partial charge on any atom is 0.211 e. The first-order valence-corrected chi connectivity index (χ1v) is 6.40. The first-order valence-electron chi connectivity index (χ1n) is 4.75. The largest absolute Gasteiger partial charge is 0.396 e. The van der Waals surface area contributed by atoms with Crippen LogP contribution in [0.25, 0.3) is 0 Å². The van der Waals surface area contributed by atoms with Crippen molar-refractivity contribution in [2.24, 2.45) is 0 Å². The van der Waals surface area contributed by atoms with Crippen LogP contribution in [0.4, 0.5) is 0 Å². The Hall–Kier alpha value is -0.130. The summed E-state index contributed by atoms with van der Waals surface area (Å²) in [4.78, 5) is 0. The van der Waals surface area contributed by atoms with E-state index in [9.17, 15) is 8.42 Å². The van der Waals surface area contributed by atoms with Crippen LogP contribution in [-0.4, -0.2) is 31.9 Å². The molecule has 0 unspecified atom stereocenters. The second-order valence-corrected chi connectivity index (χ2v) is 5.37. The molecule has 1 saturated carbocycles. The van der Waals surface area contributed by atoms with Gasteiger partial charge < -0.3 is 5.11 Å². The highest BCUT2D eigenvalue weighted by Gasteiger charge is 2.22. The Kier molecular flexibility index (Phi) is 4.15. The van der Waals surface area contributed by atoms with Gasteiger partial charge in [0.15, 0.2) is 0 Å². The summed E-state index contributed by atoms with van der Waals surface area (Å²) in [5, 5.41) is 8.49. The zero-order valence-corrected chi connectivity index (χ0v) is 8.52. The first-order chi connectivity index (χ1) is 6.14. The minimum absolute atomic E-state index is 0.0684. The number of hydrogen-bond donors (Lipinski definition) is 2. The van der Waals surface area contributed by atoms with Crippen molar-refractivity contribution < 1.29 is 13.5 Å². The summed E-state index contributed by atoms with van der Waals surface area (Å²) in [5.74, 6) is 0.143. The summed E-state index contributed by atoms with van der Waals surface area (Å²) in [7, 11) is -3.08. The lowest BCUT2D eigenvalue weighted by molar-refractivity contribution is 0.287. The van der Waals surface area contributed by atoms with Gasteiger partial charge in [-0.2, -0.15) is 0 Å². The zero-order valence-electron chi connectivity index (χ0n) is 7.70. The van der Waals surface area contributed by atoms with E-state index in [1.54, 1.807) is 0 Å². The van der Waals surface area contributed by atoms with Crippen LogP contribution in [0, 0.1) is 0 Å². The van der Waals surface area contributed by atoms with Gasteiger partial charge in [0.25, 0.3) is 0 Å². The van der Waals surface area contributed by atoms with Crippen molar-refractivity contribution >= 4 is 10.0 Å². The monoisotopic (exact) mass is 207 g/mol. The SMILES string of the molecule is O=S(=O)(CCCCO)NC1CCC1. The smallest absolute Gasteiger partial charge is 0.211 e. The van der Waals surface area contributed by atoms with Gasteiger partial charge in [0.2, 0.25) is 10.0 Å². The minimum atomic E-state index is -3.08. The Bertz CT molecular complexity index is 234. The summed E-state index contributed by atoms with van der Waals surface area (Å²) in [5.41, 5.74) is 0. The Labute approximate surface area is 79.4 Å². The summed E-state index contributed by atoms with van der Waals surface area (Å²) < 4.78 is 25.3. The average Bonchev–Trinajstić information content (AvgIpc) is 1.98. The van der Waals surface area contributed by atoms with E-state index in [1.165, 1.54) is 0 Å². The predicted molar refractivity (Wildman–Crippen MR) is 50.9 cm³/mol. The number of rotatable bonds is 6.